The van der Waals surface area contributed by atoms with Gasteiger partial charge in [0, 0.05) is 5.41 Å². The van der Waals surface area contributed by atoms with E-state index < -0.39 is 20.2 Å². The molecule has 0 aliphatic carbocycles. The quantitative estimate of drug-likeness (QED) is 0.523. The summed E-state index contributed by atoms with van der Waals surface area (Å²) in [7, 11) is -8.21. The van der Waals surface area contributed by atoms with E-state index in [9.17, 15) is 21.4 Å². The van der Waals surface area contributed by atoms with Crippen LogP contribution in [0.1, 0.15) is 5.56 Å². The van der Waals surface area contributed by atoms with Crippen LogP contribution in [0, 0.1) is 0 Å². The summed E-state index contributed by atoms with van der Waals surface area (Å²) in [4.78, 5) is -0.104. The van der Waals surface area contributed by atoms with Crippen LogP contribution < -0.4 is 29.6 Å². The second kappa shape index (κ2) is 8.64. The molecule has 100 valence electrons. The third-order valence-electron chi connectivity index (χ3n) is 1.62. The Morgan fingerprint density at radius 1 is 1.05 bits per heavy atom. The molecule has 0 aliphatic rings. The maximum absolute atomic E-state index is 10.6. The average molecular weight is 314 g/mol. The summed E-state index contributed by atoms with van der Waals surface area (Å²) in [5, 5.41) is 0.354. The summed E-state index contributed by atoms with van der Waals surface area (Å²) < 4.78 is 57.7. The van der Waals surface area contributed by atoms with E-state index in [0.717, 1.165) is 5.56 Å². The topological polar surface area (TPSA) is 112 Å². The van der Waals surface area contributed by atoms with Crippen LogP contribution in [0.4, 0.5) is 0 Å². The Balaban J connectivity index is 0. The Morgan fingerprint density at radius 3 is 1.63 bits per heavy atom. The molecular weight excluding hydrogens is 303 g/mol. The van der Waals surface area contributed by atoms with E-state index in [1.54, 1.807) is 18.2 Å². The smallest absolute Gasteiger partial charge is 0.745 e. The van der Waals surface area contributed by atoms with Crippen LogP contribution in [0.5, 0.6) is 0 Å². The molecule has 1 N–H and O–H groups in total. The molecule has 0 aromatic heterocycles. The monoisotopic (exact) mass is 314 g/mol. The minimum absolute atomic E-state index is 0. The van der Waals surface area contributed by atoms with Crippen molar-refractivity contribution >= 4 is 26.3 Å². The van der Waals surface area contributed by atoms with Crippen molar-refractivity contribution in [2.75, 3.05) is 0 Å². The molecule has 0 heterocycles. The molecule has 0 saturated heterocycles. The molecular formula is C10H11NaO6S2. The van der Waals surface area contributed by atoms with E-state index in [-0.39, 0.29) is 34.5 Å². The average Bonchev–Trinajstić information content (AvgIpc) is 2.28. The third kappa shape index (κ3) is 10.0. The number of rotatable bonds is 3. The first kappa shape index (κ1) is 20.8. The third-order valence-corrected chi connectivity index (χ3v) is 2.89. The largest absolute Gasteiger partial charge is 1.00 e. The van der Waals surface area contributed by atoms with Gasteiger partial charge in [0.25, 0.3) is 10.1 Å². The first-order valence-corrected chi connectivity index (χ1v) is 7.29. The molecule has 0 saturated carbocycles. The van der Waals surface area contributed by atoms with E-state index in [1.807, 2.05) is 0 Å². The van der Waals surface area contributed by atoms with Gasteiger partial charge in [0.05, 0.1) is 4.90 Å². The minimum Gasteiger partial charge on any atom is -0.745 e. The van der Waals surface area contributed by atoms with Gasteiger partial charge in [-0.3, -0.25) is 4.55 Å². The Kier molecular flexibility index (Phi) is 9.48. The summed E-state index contributed by atoms with van der Waals surface area (Å²) in [6.45, 7) is 6.24. The van der Waals surface area contributed by atoms with Crippen LogP contribution in [-0.4, -0.2) is 25.9 Å². The van der Waals surface area contributed by atoms with Crippen LogP contribution in [0.3, 0.4) is 0 Å². The molecule has 0 fully saturated rings. The van der Waals surface area contributed by atoms with E-state index in [1.165, 1.54) is 12.1 Å². The summed E-state index contributed by atoms with van der Waals surface area (Å²) in [6, 6.07) is 5.78. The molecule has 0 spiro atoms. The van der Waals surface area contributed by atoms with E-state index in [2.05, 4.69) is 13.2 Å². The molecule has 0 unspecified atom stereocenters. The van der Waals surface area contributed by atoms with Gasteiger partial charge in [-0.15, -0.1) is 0 Å². The molecule has 9 heteroatoms. The summed E-state index contributed by atoms with van der Waals surface area (Å²) in [5.41, 5.74) is 0.808. The van der Waals surface area contributed by atoms with Crippen molar-refractivity contribution in [1.82, 2.24) is 0 Å². The predicted octanol–water partition coefficient (Wildman–Crippen LogP) is -1.74. The SMILES string of the molecule is C=CS(=O)(=O)[O-].C=Cc1ccc(S(=O)(=O)O)cc1.[Na+]. The fourth-order valence-electron chi connectivity index (χ4n) is 0.776. The van der Waals surface area contributed by atoms with Crippen LogP contribution in [-0.2, 0) is 20.2 Å². The number of benzene rings is 1. The van der Waals surface area contributed by atoms with Gasteiger partial charge in [-0.05, 0) is 17.7 Å². The molecule has 19 heavy (non-hydrogen) atoms. The zero-order valence-corrected chi connectivity index (χ0v) is 13.8. The number of hydrogen-bond donors (Lipinski definition) is 1. The van der Waals surface area contributed by atoms with Crippen LogP contribution in [0.15, 0.2) is 47.7 Å². The fraction of sp³-hybridized carbons (Fsp3) is 0. The van der Waals surface area contributed by atoms with Gasteiger partial charge in [-0.2, -0.15) is 8.42 Å². The van der Waals surface area contributed by atoms with Crippen molar-refractivity contribution in [3.05, 3.63) is 48.4 Å². The molecule has 0 atom stereocenters. The minimum atomic E-state index is -4.15. The van der Waals surface area contributed by atoms with E-state index in [0.29, 0.717) is 5.41 Å². The van der Waals surface area contributed by atoms with Gasteiger partial charge >= 0.3 is 29.6 Å². The maximum atomic E-state index is 10.6. The summed E-state index contributed by atoms with van der Waals surface area (Å²) >= 11 is 0. The Morgan fingerprint density at radius 2 is 1.42 bits per heavy atom. The van der Waals surface area contributed by atoms with Gasteiger partial charge in [-0.1, -0.05) is 31.4 Å². The normalized spacial score (nSPS) is 10.4. The first-order valence-electron chi connectivity index (χ1n) is 4.38. The summed E-state index contributed by atoms with van der Waals surface area (Å²) in [6.07, 6.45) is 1.59. The fourth-order valence-corrected chi connectivity index (χ4v) is 1.26. The summed E-state index contributed by atoms with van der Waals surface area (Å²) in [5.74, 6) is 0. The van der Waals surface area contributed by atoms with E-state index in [4.69, 9.17) is 4.55 Å². The first-order chi connectivity index (χ1) is 8.10. The van der Waals surface area contributed by atoms with Gasteiger partial charge in [0.15, 0.2) is 0 Å². The van der Waals surface area contributed by atoms with Crippen molar-refractivity contribution < 1.29 is 55.5 Å². The van der Waals surface area contributed by atoms with Crippen LogP contribution >= 0.6 is 0 Å². The standard InChI is InChI=1S/C8H8O3S.C2H4O3S.Na/c1-2-7-3-5-8(6-4-7)12(9,10)11;1-2-6(3,4)5;/h2-6H,1H2,(H,9,10,11);2H,1H2,(H,3,4,5);/q;;+1/p-1. The molecule has 1 aromatic rings. The van der Waals surface area contributed by atoms with Crippen molar-refractivity contribution in [3.8, 4) is 0 Å². The van der Waals surface area contributed by atoms with Crippen molar-refractivity contribution in [3.63, 3.8) is 0 Å². The van der Waals surface area contributed by atoms with Crippen LogP contribution in [0.2, 0.25) is 0 Å². The molecule has 0 aliphatic heterocycles. The molecule has 6 nitrogen and oxygen atoms in total. The van der Waals surface area contributed by atoms with Crippen LogP contribution in [0.25, 0.3) is 6.08 Å². The Labute approximate surface area is 134 Å². The molecule has 0 bridgehead atoms. The molecule has 0 radical (unpaired) electrons. The Hall–Kier alpha value is -0.480. The predicted molar refractivity (Wildman–Crippen MR) is 66.2 cm³/mol. The second-order valence-corrected chi connectivity index (χ2v) is 5.65. The van der Waals surface area contributed by atoms with Gasteiger partial charge in [0.2, 0.25) is 0 Å². The van der Waals surface area contributed by atoms with Gasteiger partial charge in [0.1, 0.15) is 10.1 Å². The zero-order chi connectivity index (χ0) is 14.4. The second-order valence-electron chi connectivity index (χ2n) is 2.91. The van der Waals surface area contributed by atoms with Gasteiger partial charge in [-0.25, -0.2) is 8.42 Å². The zero-order valence-electron chi connectivity index (χ0n) is 10.2. The molecule has 0 amide bonds. The molecule has 1 aromatic carbocycles. The Bertz CT molecular complexity index is 605. The van der Waals surface area contributed by atoms with Crippen molar-refractivity contribution in [1.29, 1.82) is 0 Å². The van der Waals surface area contributed by atoms with Crippen molar-refractivity contribution in [2.45, 2.75) is 4.90 Å². The van der Waals surface area contributed by atoms with Crippen molar-refractivity contribution in [2.24, 2.45) is 0 Å². The van der Waals surface area contributed by atoms with E-state index >= 15 is 0 Å². The molecule has 1 rings (SSSR count). The maximum Gasteiger partial charge on any atom is 1.00 e. The number of hydrogen-bond acceptors (Lipinski definition) is 5. The van der Waals surface area contributed by atoms with Gasteiger partial charge < -0.3 is 4.55 Å².